The first-order chi connectivity index (χ1) is 9.47. The molecule has 2 rings (SSSR count). The summed E-state index contributed by atoms with van der Waals surface area (Å²) in [5, 5.41) is 0. The van der Waals surface area contributed by atoms with Crippen molar-refractivity contribution >= 4 is 43.8 Å². The van der Waals surface area contributed by atoms with Crippen LogP contribution in [0.5, 0.6) is 0 Å². The average Bonchev–Trinajstić information content (AvgIpc) is 3.06. The van der Waals surface area contributed by atoms with Crippen molar-refractivity contribution in [1.29, 1.82) is 0 Å². The zero-order valence-electron chi connectivity index (χ0n) is 11.9. The fourth-order valence-corrected chi connectivity index (χ4v) is 4.05. The number of hydrogen-bond donors (Lipinski definition) is 0. The van der Waals surface area contributed by atoms with Crippen LogP contribution < -0.4 is 0 Å². The van der Waals surface area contributed by atoms with Crippen molar-refractivity contribution in [3.8, 4) is 0 Å². The van der Waals surface area contributed by atoms with Crippen LogP contribution >= 0.6 is 31.9 Å². The molecule has 0 aromatic carbocycles. The molecule has 0 N–H and O–H groups in total. The van der Waals surface area contributed by atoms with Crippen LogP contribution in [0.25, 0.3) is 0 Å². The number of alkyl halides is 2. The molecule has 0 unspecified atom stereocenters. The quantitative estimate of drug-likeness (QED) is 0.513. The van der Waals surface area contributed by atoms with E-state index in [0.29, 0.717) is 9.65 Å². The van der Waals surface area contributed by atoms with Gasteiger partial charge in [-0.05, 0) is 38.5 Å². The summed E-state index contributed by atoms with van der Waals surface area (Å²) in [5.74, 6) is 0.188. The highest BCUT2D eigenvalue weighted by molar-refractivity contribution is 9.09. The van der Waals surface area contributed by atoms with Crippen molar-refractivity contribution in [2.45, 2.75) is 48.2 Å². The van der Waals surface area contributed by atoms with Crippen LogP contribution in [0, 0.1) is 11.8 Å². The SMILES string of the molecule is COC(=O)[C@@H]1CC[C@@H](Br)C1.COC(=O)[C@H]1CC[C@H](Br)C1. The lowest BCUT2D eigenvalue weighted by atomic mass is 10.1. The van der Waals surface area contributed by atoms with E-state index < -0.39 is 0 Å². The lowest BCUT2D eigenvalue weighted by Crippen LogP contribution is -2.12. The van der Waals surface area contributed by atoms with Gasteiger partial charge in [-0.15, -0.1) is 0 Å². The van der Waals surface area contributed by atoms with E-state index in [0.717, 1.165) is 38.5 Å². The zero-order chi connectivity index (χ0) is 15.1. The largest absolute Gasteiger partial charge is 0.469 e. The Morgan fingerprint density at radius 3 is 1.35 bits per heavy atom. The lowest BCUT2D eigenvalue weighted by Gasteiger charge is -2.04. The Labute approximate surface area is 137 Å². The smallest absolute Gasteiger partial charge is 0.308 e. The molecule has 0 aromatic heterocycles. The van der Waals surface area contributed by atoms with Gasteiger partial charge in [-0.2, -0.15) is 0 Å². The Morgan fingerprint density at radius 2 is 1.15 bits per heavy atom. The monoisotopic (exact) mass is 412 g/mol. The lowest BCUT2D eigenvalue weighted by molar-refractivity contribution is -0.146. The van der Waals surface area contributed by atoms with Gasteiger partial charge in [0.05, 0.1) is 26.1 Å². The molecule has 2 fully saturated rings. The molecule has 0 bridgehead atoms. The summed E-state index contributed by atoms with van der Waals surface area (Å²) in [6.45, 7) is 0. The molecule has 0 spiro atoms. The molecule has 0 aliphatic heterocycles. The Hall–Kier alpha value is -0.100. The summed E-state index contributed by atoms with van der Waals surface area (Å²) in [4.78, 5) is 22.9. The standard InChI is InChI=1S/2C7H11BrO2/c2*1-10-7(9)5-2-3-6(8)4-5/h2*5-6H,2-4H2,1H3/t2*5-,6-/m10/s1. The molecule has 0 aromatic rings. The molecule has 6 heteroatoms. The number of rotatable bonds is 2. The summed E-state index contributed by atoms with van der Waals surface area (Å²) in [5.41, 5.74) is 0. The van der Waals surface area contributed by atoms with Gasteiger partial charge in [0.25, 0.3) is 0 Å². The summed E-state index contributed by atoms with van der Waals surface area (Å²) in [7, 11) is 2.90. The first kappa shape index (κ1) is 18.0. The second-order valence-electron chi connectivity index (χ2n) is 5.26. The van der Waals surface area contributed by atoms with Gasteiger partial charge in [-0.25, -0.2) is 0 Å². The van der Waals surface area contributed by atoms with Gasteiger partial charge in [0.15, 0.2) is 0 Å². The van der Waals surface area contributed by atoms with Crippen molar-refractivity contribution in [2.24, 2.45) is 11.8 Å². The van der Waals surface area contributed by atoms with Crippen LogP contribution in [0.1, 0.15) is 38.5 Å². The van der Waals surface area contributed by atoms with E-state index in [1.54, 1.807) is 0 Å². The van der Waals surface area contributed by atoms with Crippen molar-refractivity contribution in [1.82, 2.24) is 0 Å². The van der Waals surface area contributed by atoms with Crippen LogP contribution in [0.15, 0.2) is 0 Å². The summed E-state index contributed by atoms with van der Waals surface area (Å²) in [6, 6.07) is 0. The predicted octanol–water partition coefficient (Wildman–Crippen LogP) is 3.45. The third-order valence-corrected chi connectivity index (χ3v) is 5.47. The fraction of sp³-hybridized carbons (Fsp3) is 0.857. The van der Waals surface area contributed by atoms with Crippen LogP contribution in [-0.4, -0.2) is 35.8 Å². The molecule has 20 heavy (non-hydrogen) atoms. The number of halogens is 2. The van der Waals surface area contributed by atoms with E-state index >= 15 is 0 Å². The molecule has 4 nitrogen and oxygen atoms in total. The first-order valence-electron chi connectivity index (χ1n) is 6.91. The minimum atomic E-state index is -0.0537. The molecular weight excluding hydrogens is 392 g/mol. The van der Waals surface area contributed by atoms with Crippen LogP contribution in [0.2, 0.25) is 0 Å². The van der Waals surface area contributed by atoms with E-state index in [1.165, 1.54) is 14.2 Å². The maximum atomic E-state index is 10.9. The second kappa shape index (κ2) is 9.03. The predicted molar refractivity (Wildman–Crippen MR) is 84.1 cm³/mol. The summed E-state index contributed by atoms with van der Waals surface area (Å²) in [6.07, 6.45) is 6.02. The van der Waals surface area contributed by atoms with Gasteiger partial charge >= 0.3 is 11.9 Å². The first-order valence-corrected chi connectivity index (χ1v) is 8.74. The van der Waals surface area contributed by atoms with E-state index in [1.807, 2.05) is 0 Å². The minimum absolute atomic E-state index is 0.0537. The van der Waals surface area contributed by atoms with Gasteiger partial charge in [0, 0.05) is 9.65 Å². The van der Waals surface area contributed by atoms with Gasteiger partial charge < -0.3 is 9.47 Å². The van der Waals surface area contributed by atoms with E-state index in [-0.39, 0.29) is 23.8 Å². The molecule has 4 atom stereocenters. The third-order valence-electron chi connectivity index (χ3n) is 3.81. The molecule has 0 heterocycles. The van der Waals surface area contributed by atoms with Crippen molar-refractivity contribution in [3.05, 3.63) is 0 Å². The topological polar surface area (TPSA) is 52.6 Å². The highest BCUT2D eigenvalue weighted by Gasteiger charge is 2.29. The Balaban J connectivity index is 0.000000200. The molecule has 0 radical (unpaired) electrons. The highest BCUT2D eigenvalue weighted by Crippen LogP contribution is 2.31. The highest BCUT2D eigenvalue weighted by atomic mass is 79.9. The second-order valence-corrected chi connectivity index (χ2v) is 7.85. The van der Waals surface area contributed by atoms with Gasteiger partial charge in [-0.1, -0.05) is 31.9 Å². The number of esters is 2. The average molecular weight is 414 g/mol. The number of carbonyl (C=O) groups is 2. The molecule has 2 saturated carbocycles. The summed E-state index contributed by atoms with van der Waals surface area (Å²) >= 11 is 6.94. The van der Waals surface area contributed by atoms with Crippen LogP contribution in [-0.2, 0) is 19.1 Å². The maximum Gasteiger partial charge on any atom is 0.308 e. The molecule has 0 saturated heterocycles. The summed E-state index contributed by atoms with van der Waals surface area (Å²) < 4.78 is 9.25. The normalized spacial score (nSPS) is 32.2. The Bertz CT molecular complexity index is 303. The maximum absolute atomic E-state index is 10.9. The number of hydrogen-bond acceptors (Lipinski definition) is 4. The van der Waals surface area contributed by atoms with Gasteiger partial charge in [0.2, 0.25) is 0 Å². The van der Waals surface area contributed by atoms with E-state index in [4.69, 9.17) is 0 Å². The number of methoxy groups -OCH3 is 2. The van der Waals surface area contributed by atoms with E-state index in [2.05, 4.69) is 41.3 Å². The molecular formula is C14H22Br2O4. The molecule has 2 aliphatic rings. The number of ether oxygens (including phenoxy) is 2. The zero-order valence-corrected chi connectivity index (χ0v) is 15.1. The molecule has 0 amide bonds. The van der Waals surface area contributed by atoms with Crippen LogP contribution in [0.4, 0.5) is 0 Å². The van der Waals surface area contributed by atoms with E-state index in [9.17, 15) is 9.59 Å². The van der Waals surface area contributed by atoms with Gasteiger partial charge in [-0.3, -0.25) is 9.59 Å². The Kier molecular flexibility index (Phi) is 8.10. The molecule has 116 valence electrons. The van der Waals surface area contributed by atoms with Crippen LogP contribution in [0.3, 0.4) is 0 Å². The Morgan fingerprint density at radius 1 is 0.800 bits per heavy atom. The molecule has 2 aliphatic carbocycles. The van der Waals surface area contributed by atoms with Crippen molar-refractivity contribution in [3.63, 3.8) is 0 Å². The minimum Gasteiger partial charge on any atom is -0.469 e. The number of carbonyl (C=O) groups excluding carboxylic acids is 2. The third kappa shape index (κ3) is 5.72. The fourth-order valence-electron chi connectivity index (χ4n) is 2.61. The van der Waals surface area contributed by atoms with Crippen molar-refractivity contribution < 1.29 is 19.1 Å². The van der Waals surface area contributed by atoms with Crippen molar-refractivity contribution in [2.75, 3.05) is 14.2 Å². The van der Waals surface area contributed by atoms with Gasteiger partial charge in [0.1, 0.15) is 0 Å².